The van der Waals surface area contributed by atoms with Gasteiger partial charge in [-0.15, -0.1) is 11.8 Å². The Morgan fingerprint density at radius 2 is 1.03 bits per heavy atom. The van der Waals surface area contributed by atoms with Crippen molar-refractivity contribution in [1.29, 1.82) is 0 Å². The van der Waals surface area contributed by atoms with Gasteiger partial charge < -0.3 is 101 Å². The standard InChI is InChI=1S/C14H13NO2.C11H12N2O4.C11H12N2O3S.C11H9NO2.C11H13NO2.C10H14N2O4.C9H11NO2.C6H11NO3/c15-9-10-5-1-2-6-11(10)12-7-3-4-8-13(12)14(16)17;2*12-7-6-17-9-4-2-1-3-8(9)13(11(7)16)5-10(14)15;12-10-6-8-4-2-1-3-7(8)5-9(10)11(13)14;12-11(10(13)14)6-5-8-3-1-2-4-9(8)7-11;11-6-1-2-12-9(6)7(13)3-5(10(12)16)4-8(14)15;10-6-8-4-2-1-3-7(8)5-9(11)12;7-6(5(8)9)1-3-10-4-2-6/h1-8H,9,15H2,(H,16,17);2*1-4,7H,5-6,12H2,(H,14,15);1-6H,12H2,(H,13,14);1-4H,5-7,12H2,(H,13,14);5-6,9H,1-4,11H2,(H,14,15);1-4H,5-6,10H2,(H,11,12);1-4,7H2,(H,8,9)/t;2*7-;;;5-,6+,9?;;/m.10..0../s1. The minimum Gasteiger partial charge on any atom is -0.489 e. The Labute approximate surface area is 676 Å². The number of carboxylic acids is 8. The molecule has 5 aliphatic heterocycles. The van der Waals surface area contributed by atoms with Gasteiger partial charge in [-0.25, -0.2) is 9.59 Å². The van der Waals surface area contributed by atoms with E-state index in [9.17, 15) is 57.5 Å². The van der Waals surface area contributed by atoms with Crippen LogP contribution in [0, 0.1) is 5.92 Å². The van der Waals surface area contributed by atoms with Gasteiger partial charge in [0.05, 0.1) is 47.3 Å². The van der Waals surface area contributed by atoms with Crippen molar-refractivity contribution in [1.82, 2.24) is 4.90 Å². The predicted molar refractivity (Wildman–Crippen MR) is 434 cm³/mol. The van der Waals surface area contributed by atoms with E-state index >= 15 is 0 Å². The number of piperidine rings is 1. The number of nitrogens with zero attached hydrogens (tertiary/aromatic N) is 3. The van der Waals surface area contributed by atoms with Crippen molar-refractivity contribution >= 4 is 111 Å². The van der Waals surface area contributed by atoms with E-state index in [1.165, 1.54) is 27.1 Å². The van der Waals surface area contributed by atoms with Gasteiger partial charge in [0.25, 0.3) is 0 Å². The van der Waals surface area contributed by atoms with Crippen molar-refractivity contribution in [3.63, 3.8) is 0 Å². The number of aliphatic carboxylic acids is 6. The fourth-order valence-corrected chi connectivity index (χ4v) is 14.2. The fourth-order valence-electron chi connectivity index (χ4n) is 13.2. The second-order valence-electron chi connectivity index (χ2n) is 27.6. The zero-order valence-electron chi connectivity index (χ0n) is 63.6. The molecule has 117 heavy (non-hydrogen) atoms. The molecule has 0 aromatic heterocycles. The van der Waals surface area contributed by atoms with Gasteiger partial charge in [-0.1, -0.05) is 140 Å². The number of para-hydroxylation sites is 3. The molecule has 2 unspecified atom stereocenters. The molecule has 34 heteroatoms. The number of carbonyl (C=O) groups is 12. The topological polar surface area (TPSA) is 603 Å². The molecule has 33 nitrogen and oxygen atoms in total. The van der Waals surface area contributed by atoms with Crippen LogP contribution >= 0.6 is 11.8 Å². The van der Waals surface area contributed by atoms with E-state index in [0.29, 0.717) is 105 Å². The number of aryl methyl sites for hydroxylation is 1. The maximum Gasteiger partial charge on any atom is 0.337 e. The summed E-state index contributed by atoms with van der Waals surface area (Å²) in [5.41, 5.74) is 51.4. The quantitative estimate of drug-likeness (QED) is 0.0580. The first kappa shape index (κ1) is 91.7. The van der Waals surface area contributed by atoms with Crippen molar-refractivity contribution in [2.24, 2.45) is 46.1 Å². The molecule has 6 atom stereocenters. The lowest BCUT2D eigenvalue weighted by molar-refractivity contribution is -0.152. The summed E-state index contributed by atoms with van der Waals surface area (Å²) in [6, 6.07) is 52.2. The second-order valence-corrected chi connectivity index (χ2v) is 28.7. The van der Waals surface area contributed by atoms with Crippen LogP contribution in [0.15, 0.2) is 187 Å². The van der Waals surface area contributed by atoms with Crippen LogP contribution in [0.3, 0.4) is 0 Å². The Bertz CT molecular complexity index is 4820. The number of carboxylic acid groups (broad SMARTS) is 8. The highest BCUT2D eigenvalue weighted by molar-refractivity contribution is 7.99. The van der Waals surface area contributed by atoms with Gasteiger partial charge in [0.1, 0.15) is 48.6 Å². The SMILES string of the molecule is NC1(C(=O)O)CCOCC1.NC1(C(=O)O)CCc2ccccc2C1.NCc1ccccc1-c1ccccc1C(=O)O.NCc1ccccc1CC(=O)O.N[C@@H]1CCN2C(=O)[C@H](CC(=O)O)CC(=O)C12.N[C@@H]1COc2ccccc2N(CC(=O)O)C1=O.N[C@H]1CSc2ccccc2N(CC(=O)O)C1=O.Nc1cc2ccccc2cc1C(=O)O. The van der Waals surface area contributed by atoms with Crippen LogP contribution in [-0.4, -0.2) is 197 Å². The van der Waals surface area contributed by atoms with E-state index in [-0.39, 0.29) is 61.6 Å². The third-order valence-electron chi connectivity index (χ3n) is 19.4. The van der Waals surface area contributed by atoms with Crippen molar-refractivity contribution in [3.8, 4) is 16.9 Å². The van der Waals surface area contributed by atoms with E-state index in [4.69, 9.17) is 96.2 Å². The second kappa shape index (κ2) is 43.3. The van der Waals surface area contributed by atoms with Crippen molar-refractivity contribution in [3.05, 3.63) is 221 Å². The third kappa shape index (κ3) is 25.5. The summed E-state index contributed by atoms with van der Waals surface area (Å²) in [4.78, 5) is 138. The fraction of sp³-hybridized carbons (Fsp3) is 0.301. The number of aromatic carboxylic acids is 2. The molecule has 0 bridgehead atoms. The summed E-state index contributed by atoms with van der Waals surface area (Å²) in [5.74, 6) is -8.65. The molecule has 5 heterocycles. The Balaban J connectivity index is 0.000000186. The molecule has 0 radical (unpaired) electrons. The first-order valence-corrected chi connectivity index (χ1v) is 37.7. The van der Waals surface area contributed by atoms with Gasteiger partial charge >= 0.3 is 47.8 Å². The summed E-state index contributed by atoms with van der Waals surface area (Å²) in [7, 11) is 0. The first-order valence-electron chi connectivity index (χ1n) is 36.7. The van der Waals surface area contributed by atoms with Gasteiger partial charge in [-0.2, -0.15) is 0 Å². The molecular formula is C83H95N11O22S. The number of hydrogen-bond donors (Lipinski definition) is 16. The number of thioether (sulfide) groups is 1. The maximum absolute atomic E-state index is 12.0. The number of benzene rings is 8. The van der Waals surface area contributed by atoms with E-state index in [1.54, 1.807) is 72.8 Å². The Morgan fingerprint density at radius 3 is 1.61 bits per heavy atom. The van der Waals surface area contributed by atoms with Gasteiger partial charge in [-0.3, -0.25) is 57.7 Å². The monoisotopic (exact) mass is 1630 g/mol. The summed E-state index contributed by atoms with van der Waals surface area (Å²) >= 11 is 1.47. The molecule has 620 valence electrons. The summed E-state index contributed by atoms with van der Waals surface area (Å²) in [6.07, 6.45) is 2.97. The number of Topliss-reactive ketones (excluding diaryl/α,β-unsaturated/α-hetero) is 1. The number of amides is 3. The zero-order chi connectivity index (χ0) is 85.8. The molecule has 0 saturated carbocycles. The van der Waals surface area contributed by atoms with Crippen molar-refractivity contribution in [2.45, 2.75) is 111 Å². The van der Waals surface area contributed by atoms with Crippen LogP contribution < -0.4 is 60.4 Å². The number of rotatable bonds is 15. The summed E-state index contributed by atoms with van der Waals surface area (Å²) in [5, 5.41) is 72.3. The number of anilines is 3. The lowest BCUT2D eigenvalue weighted by Crippen LogP contribution is -2.54. The van der Waals surface area contributed by atoms with E-state index in [2.05, 4.69) is 0 Å². The molecule has 3 amide bonds. The van der Waals surface area contributed by atoms with Gasteiger partial charge in [0, 0.05) is 68.1 Å². The average molecular weight is 1630 g/mol. The number of hydrogen-bond acceptors (Lipinski definition) is 23. The van der Waals surface area contributed by atoms with E-state index < -0.39 is 95.3 Å². The Morgan fingerprint density at radius 1 is 0.513 bits per heavy atom. The number of carbonyl (C=O) groups excluding carboxylic acids is 4. The molecule has 14 rings (SSSR count). The summed E-state index contributed by atoms with van der Waals surface area (Å²) in [6.45, 7) is 1.44. The van der Waals surface area contributed by atoms with Crippen LogP contribution in [0.25, 0.3) is 21.9 Å². The predicted octanol–water partition coefficient (Wildman–Crippen LogP) is 5.28. The Hall–Kier alpha value is -12.5. The minimum atomic E-state index is -1.10. The average Bonchev–Trinajstić information content (AvgIpc) is 1.54. The normalized spacial score (nSPS) is 19.1. The van der Waals surface area contributed by atoms with Gasteiger partial charge in [0.2, 0.25) is 17.7 Å². The van der Waals surface area contributed by atoms with Crippen molar-refractivity contribution < 1.29 is 108 Å². The molecule has 1 aliphatic carbocycles. The van der Waals surface area contributed by atoms with E-state index in [0.717, 1.165) is 54.8 Å². The highest BCUT2D eigenvalue weighted by Gasteiger charge is 2.47. The molecule has 3 saturated heterocycles. The maximum atomic E-state index is 12.0. The smallest absolute Gasteiger partial charge is 0.337 e. The molecule has 24 N–H and O–H groups in total. The van der Waals surface area contributed by atoms with Crippen LogP contribution in [-0.2, 0) is 85.0 Å². The molecule has 3 fully saturated rings. The number of nitrogen functional groups attached to an aromatic ring is 1. The highest BCUT2D eigenvalue weighted by atomic mass is 32.2. The molecular weight excluding hydrogens is 1540 g/mol. The van der Waals surface area contributed by atoms with Crippen LogP contribution in [0.2, 0.25) is 0 Å². The number of ketones is 1. The van der Waals surface area contributed by atoms with Gasteiger partial charge in [-0.05, 0) is 124 Å². The first-order chi connectivity index (χ1) is 55.6. The minimum absolute atomic E-state index is 0.0139. The molecule has 8 aromatic rings. The lowest BCUT2D eigenvalue weighted by Gasteiger charge is -2.34. The lowest BCUT2D eigenvalue weighted by atomic mass is 9.79. The summed E-state index contributed by atoms with van der Waals surface area (Å²) < 4.78 is 10.3. The Kier molecular flexibility index (Phi) is 33.9. The van der Waals surface area contributed by atoms with E-state index in [1.807, 2.05) is 109 Å². The van der Waals surface area contributed by atoms with Gasteiger partial charge in [0.15, 0.2) is 5.78 Å². The molecule has 8 aromatic carbocycles. The molecule has 6 aliphatic rings. The van der Waals surface area contributed by atoms with Crippen LogP contribution in [0.4, 0.5) is 17.1 Å². The zero-order valence-corrected chi connectivity index (χ0v) is 64.4. The van der Waals surface area contributed by atoms with Crippen LogP contribution in [0.5, 0.6) is 5.75 Å². The third-order valence-corrected chi connectivity index (χ3v) is 20.6. The number of ether oxygens (including phenoxy) is 2. The highest BCUT2D eigenvalue weighted by Crippen LogP contribution is 2.36. The molecule has 0 spiro atoms. The number of nitrogens with two attached hydrogens (primary N) is 8. The largest absolute Gasteiger partial charge is 0.489 e. The van der Waals surface area contributed by atoms with Crippen LogP contribution in [0.1, 0.15) is 87.1 Å². The van der Waals surface area contributed by atoms with Crippen molar-refractivity contribution in [2.75, 3.05) is 60.7 Å². The number of fused-ring (bicyclic) bond motifs is 5.